The van der Waals surface area contributed by atoms with Crippen molar-refractivity contribution in [2.24, 2.45) is 5.92 Å². The molecule has 0 spiro atoms. The number of halogens is 3. The molecule has 2 atom stereocenters. The van der Waals surface area contributed by atoms with Crippen molar-refractivity contribution in [1.29, 1.82) is 5.26 Å². The molecule has 0 unspecified atom stereocenters. The summed E-state index contributed by atoms with van der Waals surface area (Å²) in [4.78, 5) is 19.6. The first-order valence-electron chi connectivity index (χ1n) is 8.47. The lowest BCUT2D eigenvalue weighted by atomic mass is 9.78. The van der Waals surface area contributed by atoms with E-state index < -0.39 is 18.0 Å². The van der Waals surface area contributed by atoms with Crippen molar-refractivity contribution in [3.63, 3.8) is 0 Å². The minimum Gasteiger partial charge on any atom is -0.310 e. The highest BCUT2D eigenvalue weighted by Gasteiger charge is 2.43. The molecule has 7 heteroatoms. The highest BCUT2D eigenvalue weighted by molar-refractivity contribution is 5.66. The largest absolute Gasteiger partial charge is 0.391 e. The van der Waals surface area contributed by atoms with E-state index in [-0.39, 0.29) is 18.4 Å². The number of nitrogens with zero attached hydrogens (tertiary/aromatic N) is 2. The minimum atomic E-state index is -4.23. The van der Waals surface area contributed by atoms with Gasteiger partial charge < -0.3 is 4.98 Å². The molecule has 1 aliphatic carbocycles. The van der Waals surface area contributed by atoms with Gasteiger partial charge in [-0.2, -0.15) is 18.4 Å². The zero-order valence-electron chi connectivity index (χ0n) is 14.2. The number of alkyl halides is 3. The molecule has 2 aromatic rings. The van der Waals surface area contributed by atoms with Gasteiger partial charge in [-0.25, -0.2) is 4.98 Å². The Balaban J connectivity index is 2.06. The Morgan fingerprint density at radius 1 is 1.23 bits per heavy atom. The molecule has 1 N–H and O–H groups in total. The number of nitrogens with one attached hydrogen (secondary N) is 1. The molecule has 1 aliphatic rings. The van der Waals surface area contributed by atoms with Crippen LogP contribution in [-0.2, 0) is 0 Å². The zero-order chi connectivity index (χ0) is 18.9. The summed E-state index contributed by atoms with van der Waals surface area (Å²) in [5.41, 5.74) is 1.35. The fourth-order valence-corrected chi connectivity index (χ4v) is 3.63. The molecule has 4 nitrogen and oxygen atoms in total. The van der Waals surface area contributed by atoms with Gasteiger partial charge in [0.2, 0.25) is 0 Å². The van der Waals surface area contributed by atoms with Gasteiger partial charge in [-0.1, -0.05) is 18.6 Å². The van der Waals surface area contributed by atoms with Gasteiger partial charge >= 0.3 is 6.18 Å². The van der Waals surface area contributed by atoms with Crippen molar-refractivity contribution in [3.05, 3.63) is 51.7 Å². The van der Waals surface area contributed by atoms with E-state index in [2.05, 4.69) is 9.97 Å². The Morgan fingerprint density at radius 3 is 2.54 bits per heavy atom. The summed E-state index contributed by atoms with van der Waals surface area (Å²) in [5.74, 6) is -1.39. The van der Waals surface area contributed by atoms with Crippen LogP contribution in [0.15, 0.2) is 29.1 Å². The van der Waals surface area contributed by atoms with Crippen LogP contribution in [0.5, 0.6) is 0 Å². The lowest BCUT2D eigenvalue weighted by Crippen LogP contribution is -2.29. The standard InChI is InChI=1S/C19H18F3N3O/c1-11-24-17(14-3-2-4-15(9-14)19(20,21)22)16(18(26)25-11)13-7-5-12(10-23)6-8-13/h5-8,14-15H,2-4,9H2,1H3,(H,24,25,26)/t14-,15-/m1/s1. The van der Waals surface area contributed by atoms with Gasteiger partial charge in [0.25, 0.3) is 5.56 Å². The normalized spacial score (nSPS) is 20.6. The zero-order valence-corrected chi connectivity index (χ0v) is 14.2. The van der Waals surface area contributed by atoms with E-state index in [1.54, 1.807) is 31.2 Å². The van der Waals surface area contributed by atoms with Crippen LogP contribution in [-0.4, -0.2) is 16.1 Å². The Hall–Kier alpha value is -2.62. The maximum Gasteiger partial charge on any atom is 0.391 e. The average Bonchev–Trinajstić information content (AvgIpc) is 2.61. The molecule has 0 amide bonds. The number of aryl methyl sites for hydroxylation is 1. The number of benzene rings is 1. The van der Waals surface area contributed by atoms with Crippen LogP contribution in [0, 0.1) is 24.2 Å². The Morgan fingerprint density at radius 2 is 1.92 bits per heavy atom. The number of hydrogen-bond acceptors (Lipinski definition) is 3. The molecule has 1 saturated carbocycles. The second-order valence-electron chi connectivity index (χ2n) is 6.70. The van der Waals surface area contributed by atoms with Gasteiger partial charge in [0.1, 0.15) is 5.82 Å². The summed E-state index contributed by atoms with van der Waals surface area (Å²) in [7, 11) is 0. The second-order valence-corrected chi connectivity index (χ2v) is 6.70. The quantitative estimate of drug-likeness (QED) is 0.859. The summed E-state index contributed by atoms with van der Waals surface area (Å²) in [6, 6.07) is 8.43. The van der Waals surface area contributed by atoms with Gasteiger partial charge in [-0.3, -0.25) is 4.79 Å². The van der Waals surface area contributed by atoms with Crippen LogP contribution >= 0.6 is 0 Å². The van der Waals surface area contributed by atoms with Crippen LogP contribution in [0.25, 0.3) is 11.1 Å². The molecule has 0 radical (unpaired) electrons. The Bertz CT molecular complexity index is 894. The molecule has 1 heterocycles. The first-order chi connectivity index (χ1) is 12.3. The summed E-state index contributed by atoms with van der Waals surface area (Å²) < 4.78 is 39.5. The van der Waals surface area contributed by atoms with E-state index in [1.165, 1.54) is 0 Å². The van der Waals surface area contributed by atoms with E-state index in [0.29, 0.717) is 41.1 Å². The second kappa shape index (κ2) is 6.94. The summed E-state index contributed by atoms with van der Waals surface area (Å²) >= 11 is 0. The van der Waals surface area contributed by atoms with Crippen LogP contribution in [0.4, 0.5) is 13.2 Å². The van der Waals surface area contributed by atoms with E-state index in [1.807, 2.05) is 6.07 Å². The molecule has 26 heavy (non-hydrogen) atoms. The van der Waals surface area contributed by atoms with Gasteiger partial charge in [0, 0.05) is 5.92 Å². The predicted molar refractivity (Wildman–Crippen MR) is 90.5 cm³/mol. The number of aromatic amines is 1. The summed E-state index contributed by atoms with van der Waals surface area (Å²) in [6.45, 7) is 1.62. The predicted octanol–water partition coefficient (Wildman–Crippen LogP) is 4.45. The third-order valence-electron chi connectivity index (χ3n) is 4.89. The molecule has 1 aromatic carbocycles. The number of nitriles is 1. The van der Waals surface area contributed by atoms with Crippen molar-refractivity contribution in [2.75, 3.05) is 0 Å². The van der Waals surface area contributed by atoms with Gasteiger partial charge in [0.15, 0.2) is 0 Å². The number of H-pyrrole nitrogens is 1. The summed E-state index contributed by atoms with van der Waals surface area (Å²) in [6.07, 6.45) is -3.14. The van der Waals surface area contributed by atoms with Crippen molar-refractivity contribution in [1.82, 2.24) is 9.97 Å². The number of aromatic nitrogens is 2. The van der Waals surface area contributed by atoms with Crippen LogP contribution in [0.1, 0.15) is 48.7 Å². The molecule has 1 aromatic heterocycles. The number of rotatable bonds is 2. The SMILES string of the molecule is Cc1nc([C@@H]2CCC[C@@H](C(F)(F)F)C2)c(-c2ccc(C#N)cc2)c(=O)[nH]1. The molecule has 3 rings (SSSR count). The molecule has 1 fully saturated rings. The van der Waals surface area contributed by atoms with Gasteiger partial charge in [-0.05, 0) is 43.9 Å². The fraction of sp³-hybridized carbons (Fsp3) is 0.421. The van der Waals surface area contributed by atoms with E-state index in [9.17, 15) is 18.0 Å². The third-order valence-corrected chi connectivity index (χ3v) is 4.89. The highest BCUT2D eigenvalue weighted by atomic mass is 19.4. The Labute approximate surface area is 148 Å². The van der Waals surface area contributed by atoms with Crippen molar-refractivity contribution in [3.8, 4) is 17.2 Å². The molecule has 0 saturated heterocycles. The van der Waals surface area contributed by atoms with Gasteiger partial charge in [-0.15, -0.1) is 0 Å². The summed E-state index contributed by atoms with van der Waals surface area (Å²) in [5, 5.41) is 8.92. The van der Waals surface area contributed by atoms with E-state index in [0.717, 1.165) is 0 Å². The lowest BCUT2D eigenvalue weighted by molar-refractivity contribution is -0.183. The topological polar surface area (TPSA) is 69.5 Å². The van der Waals surface area contributed by atoms with Crippen LogP contribution < -0.4 is 5.56 Å². The first kappa shape index (κ1) is 18.2. The van der Waals surface area contributed by atoms with Crippen LogP contribution in [0.2, 0.25) is 0 Å². The smallest absolute Gasteiger partial charge is 0.310 e. The Kier molecular flexibility index (Phi) is 4.86. The van der Waals surface area contributed by atoms with Crippen molar-refractivity contribution >= 4 is 0 Å². The maximum absolute atomic E-state index is 13.2. The van der Waals surface area contributed by atoms with E-state index >= 15 is 0 Å². The molecular formula is C19H18F3N3O. The highest BCUT2D eigenvalue weighted by Crippen LogP contribution is 2.44. The molecule has 0 aliphatic heterocycles. The fourth-order valence-electron chi connectivity index (χ4n) is 3.63. The minimum absolute atomic E-state index is 0.0529. The first-order valence-corrected chi connectivity index (χ1v) is 8.47. The van der Waals surface area contributed by atoms with E-state index in [4.69, 9.17) is 5.26 Å². The lowest BCUT2D eigenvalue weighted by Gasteiger charge is -2.31. The monoisotopic (exact) mass is 361 g/mol. The third kappa shape index (κ3) is 3.64. The van der Waals surface area contributed by atoms with Crippen molar-refractivity contribution in [2.45, 2.75) is 44.7 Å². The maximum atomic E-state index is 13.2. The van der Waals surface area contributed by atoms with Crippen LogP contribution in [0.3, 0.4) is 0 Å². The molecular weight excluding hydrogens is 343 g/mol. The average molecular weight is 361 g/mol. The molecule has 0 bridgehead atoms. The van der Waals surface area contributed by atoms with Crippen molar-refractivity contribution < 1.29 is 13.2 Å². The number of hydrogen-bond donors (Lipinski definition) is 1. The van der Waals surface area contributed by atoms with Gasteiger partial charge in [0.05, 0.1) is 28.8 Å². The molecule has 136 valence electrons.